The van der Waals surface area contributed by atoms with Crippen LogP contribution in [0, 0.1) is 12.8 Å². The zero-order valence-electron chi connectivity index (χ0n) is 28.7. The highest BCUT2D eigenvalue weighted by Gasteiger charge is 2.72. The number of benzene rings is 6. The fourth-order valence-corrected chi connectivity index (χ4v) is 13.2. The molecule has 11 rings (SSSR count). The van der Waals surface area contributed by atoms with Gasteiger partial charge in [0, 0.05) is 21.8 Å². The van der Waals surface area contributed by atoms with E-state index in [1.54, 1.807) is 11.1 Å². The van der Waals surface area contributed by atoms with E-state index in [9.17, 15) is 5.11 Å². The molecule has 0 radical (unpaired) electrons. The van der Waals surface area contributed by atoms with Gasteiger partial charge >= 0.3 is 0 Å². The predicted molar refractivity (Wildman–Crippen MR) is 204 cm³/mol. The van der Waals surface area contributed by atoms with E-state index in [1.165, 1.54) is 56.5 Å². The third kappa shape index (κ3) is 3.53. The summed E-state index contributed by atoms with van der Waals surface area (Å²) in [5, 5.41) is 11.9. The molecule has 3 saturated carbocycles. The highest BCUT2D eigenvalue weighted by atomic mass is 16.3. The highest BCUT2D eigenvalue weighted by Crippen LogP contribution is 2.78. The van der Waals surface area contributed by atoms with Crippen LogP contribution in [0.1, 0.15) is 83.7 Å². The Hall–Kier alpha value is -4.88. The van der Waals surface area contributed by atoms with Gasteiger partial charge in [0.25, 0.3) is 0 Å². The Morgan fingerprint density at radius 2 is 0.900 bits per heavy atom. The van der Waals surface area contributed by atoms with Crippen molar-refractivity contribution in [2.75, 3.05) is 0 Å². The molecule has 5 aliphatic carbocycles. The van der Waals surface area contributed by atoms with Crippen molar-refractivity contribution in [3.05, 3.63) is 173 Å². The average Bonchev–Trinajstić information content (AvgIpc) is 3.43. The van der Waals surface area contributed by atoms with E-state index in [0.29, 0.717) is 23.5 Å². The van der Waals surface area contributed by atoms with E-state index < -0.39 is 0 Å². The molecule has 1 heteroatoms. The number of fused-ring (bicyclic) bond motifs is 10. The molecule has 2 spiro atoms. The minimum atomic E-state index is -0.0799. The Kier molecular flexibility index (Phi) is 5.84. The second-order valence-electron chi connectivity index (χ2n) is 16.4. The molecule has 0 aromatic heterocycles. The van der Waals surface area contributed by atoms with Gasteiger partial charge in [0.15, 0.2) is 0 Å². The van der Waals surface area contributed by atoms with Crippen LogP contribution in [0.3, 0.4) is 0 Å². The van der Waals surface area contributed by atoms with Crippen molar-refractivity contribution in [2.45, 2.75) is 73.5 Å². The second-order valence-corrected chi connectivity index (χ2v) is 16.4. The van der Waals surface area contributed by atoms with Crippen molar-refractivity contribution in [2.24, 2.45) is 5.92 Å². The van der Waals surface area contributed by atoms with Gasteiger partial charge in [-0.1, -0.05) is 133 Å². The number of aryl methyl sites for hydroxylation is 1. The standard InChI is InChI=1S/C49H42O/c1-31-13-2-3-14-34(31)38-18-8-10-21-41(38)47-25-26-48-28-33(36-16-5-7-20-40(36)45-43(48)23-12-24-44(45)50)30-49(46(47)48)29-32(27-47)35-15-4-6-17-37(35)39-19-9-11-22-42(39)49/h2-24,32-33,46,50H,25-30H2,1H3. The molecule has 50 heavy (non-hydrogen) atoms. The fraction of sp³-hybridized carbons (Fsp3) is 0.265. The number of phenols is 1. The van der Waals surface area contributed by atoms with Gasteiger partial charge < -0.3 is 5.11 Å². The SMILES string of the molecule is Cc1ccccc1-c1ccccc1C12CCC34CC(CC5(CC(C1)c1ccccc1-c1ccccc15)C23)c1ccccc1-c1c(O)cccc14. The monoisotopic (exact) mass is 646 g/mol. The molecule has 1 N–H and O–H groups in total. The molecule has 0 aliphatic heterocycles. The van der Waals surface area contributed by atoms with Crippen molar-refractivity contribution in [3.63, 3.8) is 0 Å². The summed E-state index contributed by atoms with van der Waals surface area (Å²) in [6.07, 6.45) is 6.90. The lowest BCUT2D eigenvalue weighted by Crippen LogP contribution is -2.60. The van der Waals surface area contributed by atoms with E-state index in [4.69, 9.17) is 0 Å². The van der Waals surface area contributed by atoms with Crippen LogP contribution in [0.25, 0.3) is 33.4 Å². The molecule has 6 unspecified atom stereocenters. The zero-order valence-corrected chi connectivity index (χ0v) is 28.7. The molecule has 244 valence electrons. The van der Waals surface area contributed by atoms with Crippen molar-refractivity contribution in [1.82, 2.24) is 0 Å². The molecule has 3 fully saturated rings. The Morgan fingerprint density at radius 3 is 1.58 bits per heavy atom. The molecule has 6 aromatic carbocycles. The summed E-state index contributed by atoms with van der Waals surface area (Å²) in [6, 6.07) is 53.1. The van der Waals surface area contributed by atoms with Gasteiger partial charge in [-0.3, -0.25) is 0 Å². The molecule has 0 amide bonds. The third-order valence-corrected chi connectivity index (χ3v) is 14.4. The maximum atomic E-state index is 11.9. The van der Waals surface area contributed by atoms with Gasteiger partial charge in [0.1, 0.15) is 5.75 Å². The van der Waals surface area contributed by atoms with Crippen LogP contribution < -0.4 is 0 Å². The van der Waals surface area contributed by atoms with Gasteiger partial charge in [-0.2, -0.15) is 0 Å². The largest absolute Gasteiger partial charge is 0.507 e. The minimum absolute atomic E-state index is 0.0447. The quantitative estimate of drug-likeness (QED) is 0.198. The van der Waals surface area contributed by atoms with Gasteiger partial charge in [0.05, 0.1) is 0 Å². The molecule has 6 atom stereocenters. The summed E-state index contributed by atoms with van der Waals surface area (Å²) in [4.78, 5) is 0. The second kappa shape index (κ2) is 10.1. The summed E-state index contributed by atoms with van der Waals surface area (Å²) >= 11 is 0. The number of hydrogen-bond donors (Lipinski definition) is 1. The van der Waals surface area contributed by atoms with E-state index in [0.717, 1.165) is 37.7 Å². The predicted octanol–water partition coefficient (Wildman–Crippen LogP) is 12.0. The lowest BCUT2D eigenvalue weighted by Gasteiger charge is -2.63. The molecule has 0 heterocycles. The smallest absolute Gasteiger partial charge is 0.123 e. The Bertz CT molecular complexity index is 2370. The maximum absolute atomic E-state index is 11.9. The summed E-state index contributed by atoms with van der Waals surface area (Å²) in [5.41, 5.74) is 16.6. The normalized spacial score (nSPS) is 29.3. The van der Waals surface area contributed by atoms with Gasteiger partial charge in [-0.25, -0.2) is 0 Å². The Balaban J connectivity index is 1.29. The Morgan fingerprint density at radius 1 is 0.440 bits per heavy atom. The van der Waals surface area contributed by atoms with Gasteiger partial charge in [-0.05, 0) is 130 Å². The van der Waals surface area contributed by atoms with Crippen LogP contribution in [0.4, 0.5) is 0 Å². The maximum Gasteiger partial charge on any atom is 0.123 e. The molecule has 5 aliphatic rings. The van der Waals surface area contributed by atoms with Crippen molar-refractivity contribution >= 4 is 0 Å². The van der Waals surface area contributed by atoms with Crippen LogP contribution in [-0.2, 0) is 16.2 Å². The first-order valence-corrected chi connectivity index (χ1v) is 18.8. The van der Waals surface area contributed by atoms with Gasteiger partial charge in [-0.15, -0.1) is 0 Å². The number of rotatable bonds is 2. The molecule has 4 bridgehead atoms. The molecule has 0 saturated heterocycles. The average molecular weight is 647 g/mol. The highest BCUT2D eigenvalue weighted by molar-refractivity contribution is 5.82. The molecule has 1 nitrogen and oxygen atoms in total. The number of aromatic hydroxyl groups is 1. The first kappa shape index (κ1) is 28.9. The minimum Gasteiger partial charge on any atom is -0.507 e. The van der Waals surface area contributed by atoms with Crippen LogP contribution >= 0.6 is 0 Å². The molecule has 6 aromatic rings. The summed E-state index contributed by atoms with van der Waals surface area (Å²) < 4.78 is 0. The van der Waals surface area contributed by atoms with E-state index >= 15 is 0 Å². The summed E-state index contributed by atoms with van der Waals surface area (Å²) in [6.45, 7) is 2.28. The number of hydrogen-bond acceptors (Lipinski definition) is 1. The van der Waals surface area contributed by atoms with Gasteiger partial charge in [0.2, 0.25) is 0 Å². The first-order chi connectivity index (χ1) is 24.5. The van der Waals surface area contributed by atoms with E-state index in [1.807, 2.05) is 6.07 Å². The summed E-state index contributed by atoms with van der Waals surface area (Å²) in [7, 11) is 0. The fourth-order valence-electron chi connectivity index (χ4n) is 13.2. The van der Waals surface area contributed by atoms with Crippen molar-refractivity contribution in [3.8, 4) is 39.1 Å². The lowest BCUT2D eigenvalue weighted by molar-refractivity contribution is -0.00105. The van der Waals surface area contributed by atoms with Crippen LogP contribution in [-0.4, -0.2) is 5.11 Å². The van der Waals surface area contributed by atoms with Crippen LogP contribution in [0.5, 0.6) is 5.75 Å². The molecular formula is C49H42O. The van der Waals surface area contributed by atoms with Crippen LogP contribution in [0.2, 0.25) is 0 Å². The summed E-state index contributed by atoms with van der Waals surface area (Å²) in [5.74, 6) is 1.68. The molecular weight excluding hydrogens is 605 g/mol. The lowest BCUT2D eigenvalue weighted by atomic mass is 9.39. The third-order valence-electron chi connectivity index (χ3n) is 14.4. The van der Waals surface area contributed by atoms with E-state index in [-0.39, 0.29) is 16.2 Å². The topological polar surface area (TPSA) is 20.2 Å². The Labute approximate surface area is 295 Å². The van der Waals surface area contributed by atoms with Crippen molar-refractivity contribution < 1.29 is 5.11 Å². The van der Waals surface area contributed by atoms with E-state index in [2.05, 4.69) is 140 Å². The first-order valence-electron chi connectivity index (χ1n) is 18.8. The van der Waals surface area contributed by atoms with Crippen molar-refractivity contribution in [1.29, 1.82) is 0 Å². The van der Waals surface area contributed by atoms with Crippen LogP contribution in [0.15, 0.2) is 140 Å². The number of phenolic OH excluding ortho intramolecular Hbond substituents is 1. The zero-order chi connectivity index (χ0) is 33.2.